The zero-order valence-electron chi connectivity index (χ0n) is 19.8. The predicted octanol–water partition coefficient (Wildman–Crippen LogP) is 3.65. The molecule has 180 valence electrons. The molecule has 1 amide bonds. The summed E-state index contributed by atoms with van der Waals surface area (Å²) in [6, 6.07) is 6.74. The van der Waals surface area contributed by atoms with Crippen molar-refractivity contribution in [2.24, 2.45) is 17.8 Å². The summed E-state index contributed by atoms with van der Waals surface area (Å²) in [5, 5.41) is 3.41. The highest BCUT2D eigenvalue weighted by molar-refractivity contribution is 5.93. The number of amides is 1. The number of hydrogen-bond acceptors (Lipinski definition) is 6. The number of piperazine rings is 1. The van der Waals surface area contributed by atoms with Crippen molar-refractivity contribution in [3.63, 3.8) is 0 Å². The first-order valence-corrected chi connectivity index (χ1v) is 12.4. The molecule has 1 N–H and O–H groups in total. The average molecular weight is 466 g/mol. The van der Waals surface area contributed by atoms with Crippen LogP contribution in [0.3, 0.4) is 0 Å². The Bertz CT molecular complexity index is 1100. The average Bonchev–Trinajstić information content (AvgIpc) is 3.21. The lowest BCUT2D eigenvalue weighted by Crippen LogP contribution is -2.53. The van der Waals surface area contributed by atoms with Crippen LogP contribution in [0, 0.1) is 23.6 Å². The van der Waals surface area contributed by atoms with Crippen LogP contribution in [0.4, 0.5) is 16.0 Å². The van der Waals surface area contributed by atoms with Crippen LogP contribution in [0.2, 0.25) is 0 Å². The SMILES string of the molecule is COc1ccc(N2CCN(c3nccc(C(=O)NC45C[C@@H]6CC4C[C@@H](C6)C5)n3)C(C)C2)c(F)c1. The van der Waals surface area contributed by atoms with Gasteiger partial charge in [0.15, 0.2) is 0 Å². The maximum Gasteiger partial charge on any atom is 0.270 e. The van der Waals surface area contributed by atoms with E-state index >= 15 is 0 Å². The van der Waals surface area contributed by atoms with E-state index in [1.807, 2.05) is 4.90 Å². The minimum atomic E-state index is -0.288. The Kier molecular flexibility index (Phi) is 5.15. The van der Waals surface area contributed by atoms with Crippen molar-refractivity contribution in [2.75, 3.05) is 36.5 Å². The van der Waals surface area contributed by atoms with Crippen LogP contribution in [0.25, 0.3) is 0 Å². The molecule has 5 atom stereocenters. The predicted molar refractivity (Wildman–Crippen MR) is 128 cm³/mol. The van der Waals surface area contributed by atoms with E-state index < -0.39 is 0 Å². The van der Waals surface area contributed by atoms with E-state index in [-0.39, 0.29) is 23.3 Å². The van der Waals surface area contributed by atoms with Gasteiger partial charge in [-0.25, -0.2) is 14.4 Å². The van der Waals surface area contributed by atoms with E-state index in [1.165, 1.54) is 32.4 Å². The fraction of sp³-hybridized carbons (Fsp3) is 0.577. The normalized spacial score (nSPS) is 31.7. The van der Waals surface area contributed by atoms with Crippen molar-refractivity contribution in [3.05, 3.63) is 42.0 Å². The summed E-state index contributed by atoms with van der Waals surface area (Å²) in [7, 11) is 1.53. The van der Waals surface area contributed by atoms with Crippen molar-refractivity contribution in [1.29, 1.82) is 0 Å². The second-order valence-corrected chi connectivity index (χ2v) is 10.7. The third kappa shape index (κ3) is 3.58. The zero-order valence-corrected chi connectivity index (χ0v) is 19.8. The van der Waals surface area contributed by atoms with Gasteiger partial charge in [-0.05, 0) is 75.0 Å². The van der Waals surface area contributed by atoms with Gasteiger partial charge in [0.05, 0.1) is 12.8 Å². The molecule has 2 aromatic rings. The molecule has 0 spiro atoms. The quantitative estimate of drug-likeness (QED) is 0.727. The highest BCUT2D eigenvalue weighted by atomic mass is 19.1. The Morgan fingerprint density at radius 3 is 2.68 bits per heavy atom. The number of carbonyl (C=O) groups is 1. The van der Waals surface area contributed by atoms with E-state index in [1.54, 1.807) is 24.4 Å². The fourth-order valence-corrected chi connectivity index (χ4v) is 7.25. The molecule has 7 rings (SSSR count). The number of hydrogen-bond donors (Lipinski definition) is 1. The van der Waals surface area contributed by atoms with Crippen molar-refractivity contribution in [1.82, 2.24) is 15.3 Å². The summed E-state index contributed by atoms with van der Waals surface area (Å²) >= 11 is 0. The third-order valence-electron chi connectivity index (χ3n) is 8.61. The molecule has 8 heteroatoms. The molecule has 2 heterocycles. The molecule has 4 bridgehead atoms. The molecule has 0 radical (unpaired) electrons. The first kappa shape index (κ1) is 21.6. The first-order valence-electron chi connectivity index (χ1n) is 12.4. The molecule has 34 heavy (non-hydrogen) atoms. The number of aromatic nitrogens is 2. The molecule has 5 aliphatic rings. The van der Waals surface area contributed by atoms with Crippen LogP contribution in [-0.2, 0) is 0 Å². The number of halogens is 1. The Labute approximate surface area is 199 Å². The van der Waals surface area contributed by atoms with Gasteiger partial charge in [-0.1, -0.05) is 0 Å². The minimum Gasteiger partial charge on any atom is -0.497 e. The van der Waals surface area contributed by atoms with Gasteiger partial charge in [-0.3, -0.25) is 4.79 Å². The number of nitrogens with zero attached hydrogens (tertiary/aromatic N) is 4. The lowest BCUT2D eigenvalue weighted by atomic mass is 9.80. The van der Waals surface area contributed by atoms with E-state index in [0.29, 0.717) is 48.6 Å². The smallest absolute Gasteiger partial charge is 0.270 e. The third-order valence-corrected chi connectivity index (χ3v) is 8.61. The lowest BCUT2D eigenvalue weighted by Gasteiger charge is -2.41. The number of methoxy groups -OCH3 is 1. The fourth-order valence-electron chi connectivity index (χ4n) is 7.25. The van der Waals surface area contributed by atoms with Gasteiger partial charge in [0.2, 0.25) is 5.95 Å². The molecule has 5 fully saturated rings. The molecule has 7 nitrogen and oxygen atoms in total. The number of anilines is 2. The van der Waals surface area contributed by atoms with Gasteiger partial charge >= 0.3 is 0 Å². The van der Waals surface area contributed by atoms with Crippen molar-refractivity contribution < 1.29 is 13.9 Å². The van der Waals surface area contributed by atoms with Crippen molar-refractivity contribution in [3.8, 4) is 5.75 Å². The van der Waals surface area contributed by atoms with Gasteiger partial charge in [0.25, 0.3) is 5.91 Å². The highest BCUT2D eigenvalue weighted by Crippen LogP contribution is 2.60. The monoisotopic (exact) mass is 465 g/mol. The van der Waals surface area contributed by atoms with Crippen molar-refractivity contribution in [2.45, 2.75) is 50.6 Å². The summed E-state index contributed by atoms with van der Waals surface area (Å²) in [6.45, 7) is 4.00. The van der Waals surface area contributed by atoms with Crippen LogP contribution in [0.15, 0.2) is 30.5 Å². The maximum absolute atomic E-state index is 14.6. The molecule has 1 aliphatic heterocycles. The highest BCUT2D eigenvalue weighted by Gasteiger charge is 2.58. The molecule has 1 aromatic heterocycles. The summed E-state index contributed by atoms with van der Waals surface area (Å²) in [4.78, 5) is 26.5. The van der Waals surface area contributed by atoms with Crippen LogP contribution in [0.1, 0.15) is 49.5 Å². The zero-order chi connectivity index (χ0) is 23.4. The lowest BCUT2D eigenvalue weighted by molar-refractivity contribution is 0.0869. The number of carbonyl (C=O) groups excluding carboxylic acids is 1. The second-order valence-electron chi connectivity index (χ2n) is 10.7. The molecule has 1 aromatic carbocycles. The van der Waals surface area contributed by atoms with Crippen LogP contribution < -0.4 is 19.9 Å². The van der Waals surface area contributed by atoms with E-state index in [2.05, 4.69) is 27.1 Å². The molecular weight excluding hydrogens is 433 g/mol. The van der Waals surface area contributed by atoms with E-state index in [0.717, 1.165) is 24.7 Å². The Morgan fingerprint density at radius 2 is 1.97 bits per heavy atom. The van der Waals surface area contributed by atoms with Crippen LogP contribution in [-0.4, -0.2) is 54.2 Å². The van der Waals surface area contributed by atoms with Crippen LogP contribution >= 0.6 is 0 Å². The summed E-state index contributed by atoms with van der Waals surface area (Å²) in [5.41, 5.74) is 0.986. The molecule has 4 saturated carbocycles. The van der Waals surface area contributed by atoms with Gasteiger partial charge < -0.3 is 19.9 Å². The van der Waals surface area contributed by atoms with E-state index in [4.69, 9.17) is 4.74 Å². The standard InChI is InChI=1S/C26H32FN5O2/c1-16-15-31(23-4-3-20(34-2)12-21(23)27)7-8-32(16)25-28-6-5-22(29-25)24(33)30-26-13-17-9-18(14-26)11-19(26)10-17/h3-6,12,16-19H,7-11,13-15H2,1-2H3,(H,30,33)/t16?,17-,18+,19?,26?. The topological polar surface area (TPSA) is 70.6 Å². The largest absolute Gasteiger partial charge is 0.497 e. The van der Waals surface area contributed by atoms with Gasteiger partial charge in [0.1, 0.15) is 17.3 Å². The summed E-state index contributed by atoms with van der Waals surface area (Å²) in [6.07, 6.45) is 7.80. The van der Waals surface area contributed by atoms with Gasteiger partial charge in [-0.15, -0.1) is 0 Å². The van der Waals surface area contributed by atoms with E-state index in [9.17, 15) is 9.18 Å². The minimum absolute atomic E-state index is 0.0167. The molecule has 4 aliphatic carbocycles. The maximum atomic E-state index is 14.6. The first-order chi connectivity index (χ1) is 16.4. The number of benzene rings is 1. The second kappa shape index (κ2) is 8.10. The molecule has 1 saturated heterocycles. The summed E-state index contributed by atoms with van der Waals surface area (Å²) < 4.78 is 19.7. The molecule has 3 unspecified atom stereocenters. The summed E-state index contributed by atoms with van der Waals surface area (Å²) in [5.74, 6) is 2.90. The van der Waals surface area contributed by atoms with Gasteiger partial charge in [-0.2, -0.15) is 0 Å². The number of ether oxygens (including phenoxy) is 1. The Balaban J connectivity index is 1.15. The van der Waals surface area contributed by atoms with Crippen molar-refractivity contribution >= 4 is 17.5 Å². The number of rotatable bonds is 5. The molecular formula is C26H32FN5O2. The number of nitrogens with one attached hydrogen (secondary N) is 1. The Hall–Kier alpha value is -2.90. The van der Waals surface area contributed by atoms with Gasteiger partial charge in [0, 0.05) is 43.5 Å². The van der Waals surface area contributed by atoms with Crippen LogP contribution in [0.5, 0.6) is 5.75 Å². The Morgan fingerprint density at radius 1 is 1.18 bits per heavy atom.